The van der Waals surface area contributed by atoms with Crippen LogP contribution in [0, 0.1) is 0 Å². The van der Waals surface area contributed by atoms with E-state index in [4.69, 9.17) is 11.6 Å². The molecule has 1 aromatic carbocycles. The van der Waals surface area contributed by atoms with Gasteiger partial charge in [0, 0.05) is 36.3 Å². The Morgan fingerprint density at radius 2 is 1.89 bits per heavy atom. The second kappa shape index (κ2) is 11.1. The van der Waals surface area contributed by atoms with E-state index in [0.717, 1.165) is 12.1 Å². The summed E-state index contributed by atoms with van der Waals surface area (Å²) in [6.45, 7) is 2.16. The molecule has 0 fully saturated rings. The number of sulfone groups is 1. The number of rotatable bonds is 8. The van der Waals surface area contributed by atoms with Crippen LogP contribution in [0.5, 0.6) is 0 Å². The van der Waals surface area contributed by atoms with Gasteiger partial charge in [-0.2, -0.15) is 13.2 Å². The molecule has 0 atom stereocenters. The number of pyridine rings is 1. The van der Waals surface area contributed by atoms with Crippen LogP contribution < -0.4 is 15.5 Å². The summed E-state index contributed by atoms with van der Waals surface area (Å²) in [5.41, 5.74) is 0.749. The van der Waals surface area contributed by atoms with Gasteiger partial charge in [-0.3, -0.25) is 4.79 Å². The fourth-order valence-electron chi connectivity index (χ4n) is 3.85. The van der Waals surface area contributed by atoms with Gasteiger partial charge < -0.3 is 15.5 Å². The van der Waals surface area contributed by atoms with E-state index < -0.39 is 27.5 Å². The van der Waals surface area contributed by atoms with Crippen molar-refractivity contribution >= 4 is 44.7 Å². The average Bonchev–Trinajstić information content (AvgIpc) is 2.88. The van der Waals surface area contributed by atoms with Gasteiger partial charge >= 0.3 is 6.18 Å². The van der Waals surface area contributed by atoms with Crippen molar-refractivity contribution in [3.63, 3.8) is 0 Å². The van der Waals surface area contributed by atoms with E-state index in [9.17, 15) is 26.4 Å². The van der Waals surface area contributed by atoms with Gasteiger partial charge in [0.1, 0.15) is 11.6 Å². The minimum atomic E-state index is -4.47. The molecule has 3 heterocycles. The Labute approximate surface area is 222 Å². The number of nitrogens with one attached hydrogen (secondary N) is 2. The number of carbonyl (C=O) groups excluding carboxylic acids is 1. The van der Waals surface area contributed by atoms with Crippen LogP contribution >= 0.6 is 11.6 Å². The first-order chi connectivity index (χ1) is 18.0. The van der Waals surface area contributed by atoms with E-state index in [0.29, 0.717) is 40.8 Å². The highest BCUT2D eigenvalue weighted by Crippen LogP contribution is 2.33. The van der Waals surface area contributed by atoms with Crippen LogP contribution in [0.25, 0.3) is 0 Å². The van der Waals surface area contributed by atoms with Crippen LogP contribution in [-0.2, 0) is 29.0 Å². The van der Waals surface area contributed by atoms with E-state index in [1.807, 2.05) is 4.90 Å². The molecule has 0 saturated carbocycles. The number of amides is 1. The molecule has 2 aromatic heterocycles. The molecule has 0 unspecified atom stereocenters. The molecule has 0 radical (unpaired) electrons. The largest absolute Gasteiger partial charge is 0.416 e. The molecular formula is C24H24ClF3N6O3S. The zero-order valence-corrected chi connectivity index (χ0v) is 21.8. The van der Waals surface area contributed by atoms with Crippen LogP contribution in [0.15, 0.2) is 42.6 Å². The highest BCUT2D eigenvalue weighted by Gasteiger charge is 2.30. The number of aromatic nitrogens is 3. The van der Waals surface area contributed by atoms with Gasteiger partial charge in [0.05, 0.1) is 28.6 Å². The minimum absolute atomic E-state index is 0.0503. The maximum Gasteiger partial charge on any atom is 0.416 e. The molecule has 4 rings (SSSR count). The maximum absolute atomic E-state index is 13.0. The van der Waals surface area contributed by atoms with E-state index in [1.54, 1.807) is 18.3 Å². The van der Waals surface area contributed by atoms with Crippen LogP contribution in [0.4, 0.5) is 30.5 Å². The fourth-order valence-corrected chi connectivity index (χ4v) is 4.79. The first-order valence-corrected chi connectivity index (χ1v) is 13.8. The van der Waals surface area contributed by atoms with Crippen molar-refractivity contribution < 1.29 is 26.4 Å². The Morgan fingerprint density at radius 1 is 1.16 bits per heavy atom. The summed E-state index contributed by atoms with van der Waals surface area (Å²) in [6, 6.07) is 7.86. The van der Waals surface area contributed by atoms with Crippen molar-refractivity contribution in [2.45, 2.75) is 26.1 Å². The smallest absolute Gasteiger partial charge is 0.349 e. The molecular weight excluding hydrogens is 545 g/mol. The summed E-state index contributed by atoms with van der Waals surface area (Å²) < 4.78 is 62.5. The molecule has 3 aromatic rings. The summed E-state index contributed by atoms with van der Waals surface area (Å²) in [5.74, 6) is -0.350. The third-order valence-corrected chi connectivity index (χ3v) is 7.92. The highest BCUT2D eigenvalue weighted by molar-refractivity contribution is 7.91. The van der Waals surface area contributed by atoms with E-state index >= 15 is 0 Å². The van der Waals surface area contributed by atoms with E-state index in [1.165, 1.54) is 19.1 Å². The summed E-state index contributed by atoms with van der Waals surface area (Å²) in [5, 5.41) is 5.97. The molecule has 0 bridgehead atoms. The number of hydrogen-bond donors (Lipinski definition) is 2. The Bertz CT molecular complexity index is 1440. The minimum Gasteiger partial charge on any atom is -0.349 e. The standard InChI is InChI=1S/C24H24ClF3N6O3S/c1-2-38(36,37)13-11-30-23(35)21-32-19-14-34(22-18(25)4-3-10-29-22)12-9-17(19)20(33-21)31-16-7-5-15(6-8-16)24(26,27)28/h3-8,10H,2,9,11-14H2,1H3,(H,30,35)(H,31,32,33). The fraction of sp³-hybridized carbons (Fsp3) is 0.333. The Hall–Kier alpha value is -3.45. The number of benzene rings is 1. The number of alkyl halides is 3. The molecule has 1 amide bonds. The molecule has 2 N–H and O–H groups in total. The lowest BCUT2D eigenvalue weighted by molar-refractivity contribution is -0.137. The second-order valence-corrected chi connectivity index (χ2v) is 11.4. The highest BCUT2D eigenvalue weighted by atomic mass is 35.5. The van der Waals surface area contributed by atoms with Gasteiger partial charge in [-0.25, -0.2) is 23.4 Å². The summed E-state index contributed by atoms with van der Waals surface area (Å²) in [7, 11) is -3.29. The zero-order valence-electron chi connectivity index (χ0n) is 20.2. The third-order valence-electron chi connectivity index (χ3n) is 5.92. The van der Waals surface area contributed by atoms with Crippen molar-refractivity contribution in [3.05, 3.63) is 70.3 Å². The third kappa shape index (κ3) is 6.51. The number of anilines is 3. The first kappa shape index (κ1) is 27.6. The van der Waals surface area contributed by atoms with Crippen LogP contribution in [0.3, 0.4) is 0 Å². The van der Waals surface area contributed by atoms with Gasteiger partial charge in [-0.05, 0) is 42.8 Å². The normalized spacial score (nSPS) is 13.7. The van der Waals surface area contributed by atoms with E-state index in [-0.39, 0.29) is 36.2 Å². The molecule has 14 heteroatoms. The van der Waals surface area contributed by atoms with Crippen LogP contribution in [0.1, 0.15) is 34.4 Å². The van der Waals surface area contributed by atoms with Gasteiger partial charge in [0.25, 0.3) is 5.91 Å². The Balaban J connectivity index is 1.64. The van der Waals surface area contributed by atoms with E-state index in [2.05, 4.69) is 25.6 Å². The second-order valence-electron chi connectivity index (χ2n) is 8.49. The van der Waals surface area contributed by atoms with Gasteiger partial charge in [-0.1, -0.05) is 18.5 Å². The molecule has 1 aliphatic rings. The first-order valence-electron chi connectivity index (χ1n) is 11.6. The number of fused-ring (bicyclic) bond motifs is 1. The van der Waals surface area contributed by atoms with Gasteiger partial charge in [0.2, 0.25) is 5.82 Å². The molecule has 38 heavy (non-hydrogen) atoms. The SMILES string of the molecule is CCS(=O)(=O)CCNC(=O)c1nc2c(c(Nc3ccc(C(F)(F)F)cc3)n1)CCN(c1ncccc1Cl)C2. The lowest BCUT2D eigenvalue weighted by Gasteiger charge is -2.30. The molecule has 0 saturated heterocycles. The van der Waals surface area contributed by atoms with Gasteiger partial charge in [-0.15, -0.1) is 0 Å². The maximum atomic E-state index is 13.0. The monoisotopic (exact) mass is 568 g/mol. The van der Waals surface area contributed by atoms with Crippen LogP contribution in [0.2, 0.25) is 5.02 Å². The summed E-state index contributed by atoms with van der Waals surface area (Å²) >= 11 is 6.31. The number of carbonyl (C=O) groups is 1. The number of nitrogens with zero attached hydrogens (tertiary/aromatic N) is 4. The lowest BCUT2D eigenvalue weighted by Crippen LogP contribution is -2.35. The zero-order chi connectivity index (χ0) is 27.5. The predicted molar refractivity (Wildman–Crippen MR) is 137 cm³/mol. The lowest BCUT2D eigenvalue weighted by atomic mass is 10.0. The Kier molecular flexibility index (Phi) is 8.07. The van der Waals surface area contributed by atoms with Crippen molar-refractivity contribution in [1.29, 1.82) is 0 Å². The topological polar surface area (TPSA) is 117 Å². The van der Waals surface area contributed by atoms with Crippen molar-refractivity contribution in [2.24, 2.45) is 0 Å². The summed E-state index contributed by atoms with van der Waals surface area (Å²) in [4.78, 5) is 27.8. The molecule has 0 aliphatic carbocycles. The summed E-state index contributed by atoms with van der Waals surface area (Å²) in [6.07, 6.45) is -2.42. The molecule has 9 nitrogen and oxygen atoms in total. The predicted octanol–water partition coefficient (Wildman–Crippen LogP) is 4.01. The number of hydrogen-bond acceptors (Lipinski definition) is 8. The van der Waals surface area contributed by atoms with Crippen LogP contribution in [-0.4, -0.2) is 53.9 Å². The van der Waals surface area contributed by atoms with Gasteiger partial charge in [0.15, 0.2) is 9.84 Å². The average molecular weight is 569 g/mol. The quantitative estimate of drug-likeness (QED) is 0.418. The van der Waals surface area contributed by atoms with Crippen molar-refractivity contribution in [1.82, 2.24) is 20.3 Å². The number of halogens is 4. The van der Waals surface area contributed by atoms with Crippen molar-refractivity contribution in [3.8, 4) is 0 Å². The molecule has 1 aliphatic heterocycles. The molecule has 202 valence electrons. The van der Waals surface area contributed by atoms with Crippen molar-refractivity contribution in [2.75, 3.05) is 34.8 Å². The Morgan fingerprint density at radius 3 is 2.55 bits per heavy atom. The molecule has 0 spiro atoms.